The molecule has 0 fully saturated rings. The molecule has 2 rings (SSSR count). The number of rotatable bonds is 8. The van der Waals surface area contributed by atoms with Gasteiger partial charge in [0.05, 0.1) is 25.2 Å². The van der Waals surface area contributed by atoms with Crippen LogP contribution in [0.4, 0.5) is 0 Å². The van der Waals surface area contributed by atoms with Gasteiger partial charge in [-0.15, -0.1) is 0 Å². The van der Waals surface area contributed by atoms with Crippen molar-refractivity contribution in [2.45, 2.75) is 17.9 Å². The summed E-state index contributed by atoms with van der Waals surface area (Å²) in [5, 5.41) is 0. The topological polar surface area (TPSA) is 73.9 Å². The molecule has 0 saturated carbocycles. The summed E-state index contributed by atoms with van der Waals surface area (Å²) in [6, 6.07) is 12.9. The molecule has 24 heavy (non-hydrogen) atoms. The third kappa shape index (κ3) is 4.87. The van der Waals surface area contributed by atoms with Crippen molar-refractivity contribution in [1.82, 2.24) is 4.72 Å². The maximum absolute atomic E-state index is 12.3. The quantitative estimate of drug-likeness (QED) is 0.791. The normalized spacial score (nSPS) is 12.5. The second-order valence-electron chi connectivity index (χ2n) is 5.18. The summed E-state index contributed by atoms with van der Waals surface area (Å²) in [7, 11) is -0.488. The Morgan fingerprint density at radius 1 is 0.875 bits per heavy atom. The van der Waals surface area contributed by atoms with Crippen LogP contribution in [0, 0.1) is 0 Å². The number of sulfonamides is 1. The van der Waals surface area contributed by atoms with E-state index in [0.29, 0.717) is 11.5 Å². The monoisotopic (exact) mass is 351 g/mol. The lowest BCUT2D eigenvalue weighted by Crippen LogP contribution is -2.36. The molecule has 130 valence electrons. The van der Waals surface area contributed by atoms with Gasteiger partial charge >= 0.3 is 0 Å². The van der Waals surface area contributed by atoms with E-state index in [4.69, 9.17) is 14.2 Å². The molecule has 0 aliphatic heterocycles. The maximum atomic E-state index is 12.3. The summed E-state index contributed by atoms with van der Waals surface area (Å²) in [5.74, 6) is 1.98. The van der Waals surface area contributed by atoms with Crippen LogP contribution in [0.2, 0.25) is 0 Å². The van der Waals surface area contributed by atoms with E-state index >= 15 is 0 Å². The van der Waals surface area contributed by atoms with Gasteiger partial charge in [0.1, 0.15) is 23.9 Å². The third-order valence-electron chi connectivity index (χ3n) is 3.29. The Labute approximate surface area is 142 Å². The van der Waals surface area contributed by atoms with Crippen molar-refractivity contribution in [2.75, 3.05) is 20.8 Å². The van der Waals surface area contributed by atoms with Gasteiger partial charge in [-0.2, -0.15) is 0 Å². The molecule has 0 heterocycles. The Kier molecular flexibility index (Phi) is 6.05. The average molecular weight is 351 g/mol. The second kappa shape index (κ2) is 8.03. The first-order valence-corrected chi connectivity index (χ1v) is 8.86. The highest BCUT2D eigenvalue weighted by atomic mass is 32.2. The SMILES string of the molecule is COc1ccc(OCC(C)NS(=O)(=O)c2ccc(OC)cc2)cc1. The Balaban J connectivity index is 1.93. The maximum Gasteiger partial charge on any atom is 0.240 e. The van der Waals surface area contributed by atoms with Gasteiger partial charge in [0.25, 0.3) is 0 Å². The van der Waals surface area contributed by atoms with Gasteiger partial charge in [0, 0.05) is 0 Å². The third-order valence-corrected chi connectivity index (χ3v) is 4.89. The Morgan fingerprint density at radius 3 is 1.83 bits per heavy atom. The van der Waals surface area contributed by atoms with Crippen molar-refractivity contribution >= 4 is 10.0 Å². The van der Waals surface area contributed by atoms with Crippen LogP contribution in [-0.2, 0) is 10.0 Å². The summed E-state index contributed by atoms with van der Waals surface area (Å²) in [6.07, 6.45) is 0. The summed E-state index contributed by atoms with van der Waals surface area (Å²) in [6.45, 7) is 1.95. The Bertz CT molecular complexity index is 742. The molecule has 0 amide bonds. The van der Waals surface area contributed by atoms with Crippen molar-refractivity contribution < 1.29 is 22.6 Å². The number of nitrogens with one attached hydrogen (secondary N) is 1. The highest BCUT2D eigenvalue weighted by molar-refractivity contribution is 7.89. The lowest BCUT2D eigenvalue weighted by Gasteiger charge is -2.15. The van der Waals surface area contributed by atoms with Crippen LogP contribution >= 0.6 is 0 Å². The molecule has 0 saturated heterocycles. The molecular formula is C17H21NO5S. The molecule has 0 spiro atoms. The van der Waals surface area contributed by atoms with Gasteiger partial charge in [-0.05, 0) is 55.5 Å². The lowest BCUT2D eigenvalue weighted by atomic mass is 10.3. The average Bonchev–Trinajstić information content (AvgIpc) is 2.60. The minimum atomic E-state index is -3.61. The minimum Gasteiger partial charge on any atom is -0.497 e. The van der Waals surface area contributed by atoms with Crippen LogP contribution in [0.25, 0.3) is 0 Å². The lowest BCUT2D eigenvalue weighted by molar-refractivity contribution is 0.287. The zero-order valence-corrected chi connectivity index (χ0v) is 14.7. The van der Waals surface area contributed by atoms with Gasteiger partial charge in [-0.25, -0.2) is 13.1 Å². The van der Waals surface area contributed by atoms with Crippen molar-refractivity contribution in [1.29, 1.82) is 0 Å². The molecule has 1 unspecified atom stereocenters. The molecule has 0 bridgehead atoms. The zero-order valence-electron chi connectivity index (χ0n) is 13.9. The van der Waals surface area contributed by atoms with Gasteiger partial charge < -0.3 is 14.2 Å². The predicted octanol–water partition coefficient (Wildman–Crippen LogP) is 2.45. The first-order chi connectivity index (χ1) is 11.4. The van der Waals surface area contributed by atoms with Gasteiger partial charge in [-0.3, -0.25) is 0 Å². The number of ether oxygens (including phenoxy) is 3. The van der Waals surface area contributed by atoms with Crippen LogP contribution < -0.4 is 18.9 Å². The number of hydrogen-bond acceptors (Lipinski definition) is 5. The Hall–Kier alpha value is -2.25. The molecule has 2 aromatic carbocycles. The van der Waals surface area contributed by atoms with Crippen molar-refractivity contribution in [3.8, 4) is 17.2 Å². The standard InChI is InChI=1S/C17H21NO5S/c1-13(12-23-16-6-4-14(21-2)5-7-16)18-24(19,20)17-10-8-15(22-3)9-11-17/h4-11,13,18H,12H2,1-3H3. The molecule has 0 aliphatic carbocycles. The molecule has 6 nitrogen and oxygen atoms in total. The number of benzene rings is 2. The first kappa shape index (κ1) is 18.1. The smallest absolute Gasteiger partial charge is 0.240 e. The van der Waals surface area contributed by atoms with E-state index in [0.717, 1.165) is 5.75 Å². The number of hydrogen-bond donors (Lipinski definition) is 1. The molecule has 1 N–H and O–H groups in total. The largest absolute Gasteiger partial charge is 0.497 e. The highest BCUT2D eigenvalue weighted by Gasteiger charge is 2.17. The summed E-state index contributed by atoms with van der Waals surface area (Å²) < 4.78 is 42.9. The predicted molar refractivity (Wildman–Crippen MR) is 91.3 cm³/mol. The number of methoxy groups -OCH3 is 2. The summed E-state index contributed by atoms with van der Waals surface area (Å²) >= 11 is 0. The molecule has 7 heteroatoms. The van der Waals surface area contributed by atoms with E-state index in [2.05, 4.69) is 4.72 Å². The first-order valence-electron chi connectivity index (χ1n) is 7.38. The van der Waals surface area contributed by atoms with Crippen molar-refractivity contribution in [2.24, 2.45) is 0 Å². The summed E-state index contributed by atoms with van der Waals surface area (Å²) in [4.78, 5) is 0.180. The van der Waals surface area contributed by atoms with Crippen LogP contribution in [0.3, 0.4) is 0 Å². The van der Waals surface area contributed by atoms with Gasteiger partial charge in [-0.1, -0.05) is 0 Å². The van der Waals surface area contributed by atoms with Crippen LogP contribution in [0.1, 0.15) is 6.92 Å². The fraction of sp³-hybridized carbons (Fsp3) is 0.294. The van der Waals surface area contributed by atoms with E-state index in [-0.39, 0.29) is 17.5 Å². The van der Waals surface area contributed by atoms with Gasteiger partial charge in [0.2, 0.25) is 10.0 Å². The van der Waals surface area contributed by atoms with Crippen molar-refractivity contribution in [3.63, 3.8) is 0 Å². The fourth-order valence-electron chi connectivity index (χ4n) is 2.01. The van der Waals surface area contributed by atoms with Crippen LogP contribution in [-0.4, -0.2) is 35.3 Å². The Morgan fingerprint density at radius 2 is 1.33 bits per heavy atom. The summed E-state index contributed by atoms with van der Waals surface area (Å²) in [5.41, 5.74) is 0. The minimum absolute atomic E-state index is 0.180. The van der Waals surface area contributed by atoms with E-state index in [1.807, 2.05) is 0 Å². The second-order valence-corrected chi connectivity index (χ2v) is 6.90. The molecule has 1 atom stereocenters. The van der Waals surface area contributed by atoms with Crippen LogP contribution in [0.5, 0.6) is 17.2 Å². The van der Waals surface area contributed by atoms with Crippen LogP contribution in [0.15, 0.2) is 53.4 Å². The zero-order chi connectivity index (χ0) is 17.6. The molecule has 0 aromatic heterocycles. The highest BCUT2D eigenvalue weighted by Crippen LogP contribution is 2.18. The van der Waals surface area contributed by atoms with E-state index in [1.165, 1.54) is 19.2 Å². The molecule has 0 radical (unpaired) electrons. The molecular weight excluding hydrogens is 330 g/mol. The van der Waals surface area contributed by atoms with E-state index in [1.54, 1.807) is 50.4 Å². The molecule has 0 aliphatic rings. The van der Waals surface area contributed by atoms with Gasteiger partial charge in [0.15, 0.2) is 0 Å². The van der Waals surface area contributed by atoms with E-state index < -0.39 is 10.0 Å². The molecule has 2 aromatic rings. The fourth-order valence-corrected chi connectivity index (χ4v) is 3.24. The van der Waals surface area contributed by atoms with Crippen molar-refractivity contribution in [3.05, 3.63) is 48.5 Å². The van der Waals surface area contributed by atoms with E-state index in [9.17, 15) is 8.42 Å².